The van der Waals surface area contributed by atoms with Crippen molar-refractivity contribution in [1.29, 1.82) is 5.26 Å². The van der Waals surface area contributed by atoms with Crippen molar-refractivity contribution in [2.24, 2.45) is 0 Å². The lowest BCUT2D eigenvalue weighted by Gasteiger charge is -2.04. The Labute approximate surface area is 143 Å². The monoisotopic (exact) mass is 421 g/mol. The van der Waals surface area contributed by atoms with Crippen LogP contribution in [-0.2, 0) is 0 Å². The van der Waals surface area contributed by atoms with Gasteiger partial charge in [0.25, 0.3) is 0 Å². The van der Waals surface area contributed by atoms with E-state index in [1.807, 2.05) is 0 Å². The lowest BCUT2D eigenvalue weighted by Crippen LogP contribution is -1.95. The first-order valence-electron chi connectivity index (χ1n) is 6.06. The van der Waals surface area contributed by atoms with Crippen molar-refractivity contribution in [3.05, 3.63) is 62.0 Å². The number of hydrogen-bond acceptors (Lipinski definition) is 3. The predicted octanol–water partition coefficient (Wildman–Crippen LogP) is 4.68. The molecule has 0 heterocycles. The molecule has 0 aliphatic carbocycles. The Kier molecular flexibility index (Phi) is 5.01. The molecule has 0 spiro atoms. The lowest BCUT2D eigenvalue weighted by molar-refractivity contribution is 0.0697. The summed E-state index contributed by atoms with van der Waals surface area (Å²) in [6.07, 6.45) is 1.66. The fourth-order valence-corrected chi connectivity index (χ4v) is 3.03. The summed E-state index contributed by atoms with van der Waals surface area (Å²) in [6.45, 7) is 0. The second-order valence-electron chi connectivity index (χ2n) is 4.39. The fourth-order valence-electron chi connectivity index (χ4n) is 1.81. The molecule has 0 unspecified atom stereocenters. The van der Waals surface area contributed by atoms with Crippen LogP contribution < -0.4 is 0 Å². The van der Waals surface area contributed by atoms with E-state index in [0.29, 0.717) is 20.1 Å². The minimum atomic E-state index is -1.01. The highest BCUT2D eigenvalue weighted by atomic mass is 79.9. The summed E-state index contributed by atoms with van der Waals surface area (Å²) in [5.41, 5.74) is 1.89. The van der Waals surface area contributed by atoms with Gasteiger partial charge in [-0.25, -0.2) is 4.79 Å². The molecule has 0 radical (unpaired) electrons. The molecule has 0 atom stereocenters. The third-order valence-corrected chi connectivity index (χ3v) is 4.12. The molecule has 110 valence electrons. The molecular formula is C16H9Br2NO3. The largest absolute Gasteiger partial charge is 0.506 e. The number of benzene rings is 2. The van der Waals surface area contributed by atoms with Gasteiger partial charge in [-0.05, 0) is 73.3 Å². The quantitative estimate of drug-likeness (QED) is 0.555. The summed E-state index contributed by atoms with van der Waals surface area (Å²) in [5.74, 6) is -0.929. The van der Waals surface area contributed by atoms with Gasteiger partial charge >= 0.3 is 5.97 Å². The molecule has 0 aliphatic rings. The zero-order valence-electron chi connectivity index (χ0n) is 11.0. The van der Waals surface area contributed by atoms with Crippen LogP contribution in [0.25, 0.3) is 11.6 Å². The van der Waals surface area contributed by atoms with Crippen LogP contribution in [-0.4, -0.2) is 16.2 Å². The molecule has 0 amide bonds. The average Bonchev–Trinajstić information content (AvgIpc) is 2.50. The van der Waals surface area contributed by atoms with Crippen LogP contribution in [0.5, 0.6) is 5.75 Å². The second kappa shape index (κ2) is 6.77. The molecule has 2 aromatic carbocycles. The van der Waals surface area contributed by atoms with Crippen molar-refractivity contribution in [3.8, 4) is 11.8 Å². The van der Waals surface area contributed by atoms with Crippen LogP contribution in [0.1, 0.15) is 21.5 Å². The van der Waals surface area contributed by atoms with Crippen LogP contribution in [0.2, 0.25) is 0 Å². The van der Waals surface area contributed by atoms with E-state index in [-0.39, 0.29) is 11.3 Å². The highest BCUT2D eigenvalue weighted by Crippen LogP contribution is 2.34. The van der Waals surface area contributed by atoms with E-state index in [0.717, 1.165) is 5.56 Å². The van der Waals surface area contributed by atoms with Crippen LogP contribution in [0, 0.1) is 11.3 Å². The number of phenolic OH excluding ortho intramolecular Hbond substituents is 1. The van der Waals surface area contributed by atoms with Crippen molar-refractivity contribution in [2.75, 3.05) is 0 Å². The van der Waals surface area contributed by atoms with E-state index >= 15 is 0 Å². The summed E-state index contributed by atoms with van der Waals surface area (Å²) in [7, 11) is 0. The number of carboxylic acids is 1. The fraction of sp³-hybridized carbons (Fsp3) is 0. The molecule has 0 bridgehead atoms. The number of phenols is 1. The van der Waals surface area contributed by atoms with Gasteiger partial charge in [0.15, 0.2) is 0 Å². The van der Waals surface area contributed by atoms with Gasteiger partial charge in [0.05, 0.1) is 26.2 Å². The lowest BCUT2D eigenvalue weighted by atomic mass is 10.0. The van der Waals surface area contributed by atoms with Gasteiger partial charge in [-0.1, -0.05) is 12.1 Å². The molecule has 0 saturated heterocycles. The first-order chi connectivity index (χ1) is 10.4. The number of aromatic hydroxyl groups is 1. The third-order valence-electron chi connectivity index (χ3n) is 2.91. The summed E-state index contributed by atoms with van der Waals surface area (Å²) in [6, 6.07) is 11.5. The molecule has 2 rings (SSSR count). The summed E-state index contributed by atoms with van der Waals surface area (Å²) in [4.78, 5) is 10.8. The number of carbonyl (C=O) groups is 1. The van der Waals surface area contributed by atoms with Crippen molar-refractivity contribution < 1.29 is 15.0 Å². The zero-order valence-corrected chi connectivity index (χ0v) is 14.2. The number of hydrogen-bond donors (Lipinski definition) is 2. The third kappa shape index (κ3) is 3.56. The van der Waals surface area contributed by atoms with E-state index in [2.05, 4.69) is 37.9 Å². The Hall–Kier alpha value is -2.10. The number of carboxylic acid groups (broad SMARTS) is 1. The number of allylic oxidation sites excluding steroid dienone is 1. The van der Waals surface area contributed by atoms with Crippen molar-refractivity contribution in [3.63, 3.8) is 0 Å². The standard InChI is InChI=1S/C16H9Br2NO3/c17-13-6-9(7-14(18)15(13)20)5-12(8-19)10-1-3-11(4-2-10)16(21)22/h1-7,20H,(H,21,22). The Morgan fingerprint density at radius 2 is 1.59 bits per heavy atom. The maximum atomic E-state index is 10.8. The van der Waals surface area contributed by atoms with Crippen molar-refractivity contribution >= 4 is 49.5 Å². The number of rotatable bonds is 3. The highest BCUT2D eigenvalue weighted by molar-refractivity contribution is 9.11. The number of nitrogens with zero attached hydrogens (tertiary/aromatic N) is 1. The topological polar surface area (TPSA) is 81.3 Å². The van der Waals surface area contributed by atoms with Gasteiger partial charge < -0.3 is 10.2 Å². The molecule has 2 N–H and O–H groups in total. The molecular weight excluding hydrogens is 414 g/mol. The predicted molar refractivity (Wildman–Crippen MR) is 90.4 cm³/mol. The number of aromatic carboxylic acids is 1. The van der Waals surface area contributed by atoms with Gasteiger partial charge in [0.1, 0.15) is 5.75 Å². The smallest absolute Gasteiger partial charge is 0.335 e. The average molecular weight is 423 g/mol. The van der Waals surface area contributed by atoms with Crippen LogP contribution >= 0.6 is 31.9 Å². The van der Waals surface area contributed by atoms with Gasteiger partial charge in [0, 0.05) is 0 Å². The Bertz CT molecular complexity index is 782. The number of halogens is 2. The molecule has 0 fully saturated rings. The van der Waals surface area contributed by atoms with Gasteiger partial charge in [0.2, 0.25) is 0 Å². The van der Waals surface area contributed by atoms with Gasteiger partial charge in [-0.3, -0.25) is 0 Å². The minimum absolute atomic E-state index is 0.0847. The Morgan fingerprint density at radius 3 is 2.05 bits per heavy atom. The molecule has 0 saturated carbocycles. The van der Waals surface area contributed by atoms with E-state index in [9.17, 15) is 15.2 Å². The van der Waals surface area contributed by atoms with Crippen molar-refractivity contribution in [1.82, 2.24) is 0 Å². The van der Waals surface area contributed by atoms with E-state index in [4.69, 9.17) is 5.11 Å². The van der Waals surface area contributed by atoms with E-state index in [1.165, 1.54) is 12.1 Å². The summed E-state index contributed by atoms with van der Waals surface area (Å²) >= 11 is 6.47. The summed E-state index contributed by atoms with van der Waals surface area (Å²) < 4.78 is 1.01. The summed E-state index contributed by atoms with van der Waals surface area (Å²) in [5, 5.41) is 27.9. The van der Waals surface area contributed by atoms with Gasteiger partial charge in [-0.15, -0.1) is 0 Å². The van der Waals surface area contributed by atoms with Crippen LogP contribution in [0.4, 0.5) is 0 Å². The Morgan fingerprint density at radius 1 is 1.09 bits per heavy atom. The Balaban J connectivity index is 2.44. The molecule has 0 aromatic heterocycles. The first kappa shape index (κ1) is 16.3. The number of nitriles is 1. The molecule has 4 nitrogen and oxygen atoms in total. The zero-order chi connectivity index (χ0) is 16.3. The normalized spacial score (nSPS) is 11.0. The SMILES string of the molecule is N#CC(=Cc1cc(Br)c(O)c(Br)c1)c1ccc(C(=O)O)cc1. The van der Waals surface area contributed by atoms with Crippen LogP contribution in [0.3, 0.4) is 0 Å². The minimum Gasteiger partial charge on any atom is -0.506 e. The highest BCUT2D eigenvalue weighted by Gasteiger charge is 2.08. The first-order valence-corrected chi connectivity index (χ1v) is 7.64. The van der Waals surface area contributed by atoms with Crippen LogP contribution in [0.15, 0.2) is 45.3 Å². The van der Waals surface area contributed by atoms with E-state index < -0.39 is 5.97 Å². The maximum absolute atomic E-state index is 10.8. The van der Waals surface area contributed by atoms with Crippen molar-refractivity contribution in [2.45, 2.75) is 0 Å². The molecule has 0 aliphatic heterocycles. The second-order valence-corrected chi connectivity index (χ2v) is 6.09. The maximum Gasteiger partial charge on any atom is 0.335 e. The van der Waals surface area contributed by atoms with E-state index in [1.54, 1.807) is 30.3 Å². The van der Waals surface area contributed by atoms with Gasteiger partial charge in [-0.2, -0.15) is 5.26 Å². The molecule has 22 heavy (non-hydrogen) atoms. The molecule has 2 aromatic rings. The molecule has 6 heteroatoms.